The lowest BCUT2D eigenvalue weighted by molar-refractivity contribution is 0.277. The molecule has 2 aromatic rings. The minimum atomic E-state index is 0.386. The van der Waals surface area contributed by atoms with Crippen molar-refractivity contribution in [1.29, 1.82) is 0 Å². The van der Waals surface area contributed by atoms with Gasteiger partial charge < -0.3 is 0 Å². The van der Waals surface area contributed by atoms with Gasteiger partial charge >= 0.3 is 0 Å². The molecule has 2 saturated carbocycles. The molecule has 0 unspecified atom stereocenters. The molecule has 0 amide bonds. The van der Waals surface area contributed by atoms with E-state index in [9.17, 15) is 0 Å². The molecule has 0 saturated heterocycles. The fourth-order valence-corrected chi connectivity index (χ4v) is 4.12. The minimum absolute atomic E-state index is 0.386. The van der Waals surface area contributed by atoms with Crippen molar-refractivity contribution in [3.63, 3.8) is 0 Å². The van der Waals surface area contributed by atoms with E-state index < -0.39 is 0 Å². The molecule has 5 heteroatoms. The molecule has 2 fully saturated rings. The summed E-state index contributed by atoms with van der Waals surface area (Å²) < 4.78 is 1.95. The van der Waals surface area contributed by atoms with Gasteiger partial charge in [-0.2, -0.15) is 9.61 Å². The summed E-state index contributed by atoms with van der Waals surface area (Å²) in [5, 5.41) is 14.5. The Labute approximate surface area is 104 Å². The van der Waals surface area contributed by atoms with Gasteiger partial charge in [0.1, 0.15) is 5.01 Å². The Hall–Kier alpha value is -0.970. The van der Waals surface area contributed by atoms with Crippen molar-refractivity contribution in [3.8, 4) is 0 Å². The molecule has 90 valence electrons. The molecule has 1 spiro atoms. The molecule has 2 aliphatic carbocycles. The molecule has 0 radical (unpaired) electrons. The average Bonchev–Trinajstić information content (AvgIpc) is 2.68. The van der Waals surface area contributed by atoms with Crippen molar-refractivity contribution in [2.75, 3.05) is 0 Å². The summed E-state index contributed by atoms with van der Waals surface area (Å²) in [5.41, 5.74) is 0.654. The van der Waals surface area contributed by atoms with Gasteiger partial charge in [-0.15, -0.1) is 10.2 Å². The van der Waals surface area contributed by atoms with E-state index >= 15 is 0 Å². The van der Waals surface area contributed by atoms with E-state index in [-0.39, 0.29) is 0 Å². The van der Waals surface area contributed by atoms with Crippen LogP contribution >= 0.6 is 11.3 Å². The standard InChI is InChI=1S/C12H16N4S/c1-7(2)9-13-14-11-16(9)15-10(17-11)8-6-12(8)4-3-5-12/h7-8H,3-6H2,1-2H3/t8-/m1/s1. The highest BCUT2D eigenvalue weighted by atomic mass is 32.1. The van der Waals surface area contributed by atoms with Gasteiger partial charge in [0.2, 0.25) is 4.96 Å². The predicted octanol–water partition coefficient (Wildman–Crippen LogP) is 2.97. The maximum Gasteiger partial charge on any atom is 0.234 e. The fraction of sp³-hybridized carbons (Fsp3) is 0.750. The van der Waals surface area contributed by atoms with Gasteiger partial charge in [-0.3, -0.25) is 0 Å². The van der Waals surface area contributed by atoms with Gasteiger partial charge in [0.05, 0.1) is 0 Å². The van der Waals surface area contributed by atoms with Crippen molar-refractivity contribution in [3.05, 3.63) is 10.8 Å². The molecule has 2 aromatic heterocycles. The quantitative estimate of drug-likeness (QED) is 0.820. The van der Waals surface area contributed by atoms with Crippen molar-refractivity contribution < 1.29 is 0 Å². The number of hydrogen-bond acceptors (Lipinski definition) is 4. The zero-order valence-corrected chi connectivity index (χ0v) is 11.0. The molecule has 4 nitrogen and oxygen atoms in total. The molecular weight excluding hydrogens is 232 g/mol. The number of aromatic nitrogens is 4. The monoisotopic (exact) mass is 248 g/mol. The largest absolute Gasteiger partial charge is 0.234 e. The Balaban J connectivity index is 1.73. The molecule has 2 aliphatic rings. The van der Waals surface area contributed by atoms with Gasteiger partial charge in [-0.05, 0) is 24.7 Å². The van der Waals surface area contributed by atoms with Crippen LogP contribution in [0.15, 0.2) is 0 Å². The average molecular weight is 248 g/mol. The summed E-state index contributed by atoms with van der Waals surface area (Å²) in [6.07, 6.45) is 5.59. The van der Waals surface area contributed by atoms with Crippen LogP contribution in [0.4, 0.5) is 0 Å². The lowest BCUT2D eigenvalue weighted by Gasteiger charge is -2.25. The second kappa shape index (κ2) is 3.07. The van der Waals surface area contributed by atoms with Crippen LogP contribution in [0.1, 0.15) is 62.2 Å². The van der Waals surface area contributed by atoms with E-state index in [0.717, 1.165) is 16.7 Å². The van der Waals surface area contributed by atoms with Crippen LogP contribution in [-0.4, -0.2) is 19.8 Å². The summed E-state index contributed by atoms with van der Waals surface area (Å²) in [6.45, 7) is 4.28. The third-order valence-corrected chi connectivity index (χ3v) is 5.40. The molecule has 0 N–H and O–H groups in total. The number of nitrogens with zero attached hydrogens (tertiary/aromatic N) is 4. The third-order valence-electron chi connectivity index (χ3n) is 4.38. The highest BCUT2D eigenvalue weighted by Crippen LogP contribution is 2.70. The highest BCUT2D eigenvalue weighted by molar-refractivity contribution is 7.16. The van der Waals surface area contributed by atoms with Crippen LogP contribution < -0.4 is 0 Å². The normalized spacial score (nSPS) is 25.7. The Morgan fingerprint density at radius 3 is 2.76 bits per heavy atom. The Morgan fingerprint density at radius 1 is 1.35 bits per heavy atom. The van der Waals surface area contributed by atoms with E-state index in [1.807, 2.05) is 4.52 Å². The molecule has 0 aliphatic heterocycles. The van der Waals surface area contributed by atoms with Crippen LogP contribution in [0.25, 0.3) is 4.96 Å². The maximum atomic E-state index is 4.74. The maximum absolute atomic E-state index is 4.74. The van der Waals surface area contributed by atoms with E-state index in [0.29, 0.717) is 11.3 Å². The first-order chi connectivity index (χ1) is 8.20. The van der Waals surface area contributed by atoms with Crippen LogP contribution in [0.3, 0.4) is 0 Å². The van der Waals surface area contributed by atoms with Gasteiger partial charge in [0, 0.05) is 11.8 Å². The molecule has 1 atom stereocenters. The number of fused-ring (bicyclic) bond motifs is 1. The molecule has 0 aromatic carbocycles. The Kier molecular flexibility index (Phi) is 1.81. The summed E-state index contributed by atoms with van der Waals surface area (Å²) >= 11 is 1.74. The van der Waals surface area contributed by atoms with Gasteiger partial charge in [-0.1, -0.05) is 31.6 Å². The van der Waals surface area contributed by atoms with Gasteiger partial charge in [0.15, 0.2) is 5.82 Å². The van der Waals surface area contributed by atoms with Crippen molar-refractivity contribution in [2.45, 2.75) is 51.4 Å². The number of hydrogen-bond donors (Lipinski definition) is 0. The molecule has 2 heterocycles. The van der Waals surface area contributed by atoms with E-state index in [1.54, 1.807) is 11.3 Å². The van der Waals surface area contributed by atoms with E-state index in [2.05, 4.69) is 24.0 Å². The first-order valence-electron chi connectivity index (χ1n) is 6.42. The molecule has 17 heavy (non-hydrogen) atoms. The zero-order chi connectivity index (χ0) is 11.6. The lowest BCUT2D eigenvalue weighted by atomic mass is 9.80. The first kappa shape index (κ1) is 10.00. The molecule has 0 bridgehead atoms. The summed E-state index contributed by atoms with van der Waals surface area (Å²) in [4.78, 5) is 0.963. The second-order valence-corrected chi connectivity index (χ2v) is 6.81. The molecule has 4 rings (SSSR count). The predicted molar refractivity (Wildman–Crippen MR) is 66.4 cm³/mol. The van der Waals surface area contributed by atoms with Gasteiger partial charge in [0.25, 0.3) is 0 Å². The SMILES string of the molecule is CC(C)c1nnc2sc([C@H]3CC34CCC4)nn12. The Bertz CT molecular complexity index is 578. The Morgan fingerprint density at radius 2 is 2.18 bits per heavy atom. The minimum Gasteiger partial charge on any atom is -0.187 e. The summed E-state index contributed by atoms with van der Waals surface area (Å²) in [7, 11) is 0. The van der Waals surface area contributed by atoms with Crippen molar-refractivity contribution >= 4 is 16.3 Å². The van der Waals surface area contributed by atoms with Crippen molar-refractivity contribution in [1.82, 2.24) is 19.8 Å². The summed E-state index contributed by atoms with van der Waals surface area (Å²) in [6, 6.07) is 0. The van der Waals surface area contributed by atoms with Crippen LogP contribution in [0.2, 0.25) is 0 Å². The van der Waals surface area contributed by atoms with Crippen LogP contribution in [-0.2, 0) is 0 Å². The van der Waals surface area contributed by atoms with E-state index in [4.69, 9.17) is 5.10 Å². The lowest BCUT2D eigenvalue weighted by Crippen LogP contribution is -2.14. The smallest absolute Gasteiger partial charge is 0.187 e. The van der Waals surface area contributed by atoms with E-state index in [1.165, 1.54) is 30.7 Å². The zero-order valence-electron chi connectivity index (χ0n) is 10.2. The van der Waals surface area contributed by atoms with Crippen LogP contribution in [0.5, 0.6) is 0 Å². The fourth-order valence-electron chi connectivity index (χ4n) is 3.03. The highest BCUT2D eigenvalue weighted by Gasteiger charge is 2.59. The third kappa shape index (κ3) is 1.26. The van der Waals surface area contributed by atoms with Crippen LogP contribution in [0, 0.1) is 5.41 Å². The first-order valence-corrected chi connectivity index (χ1v) is 7.23. The number of rotatable bonds is 2. The second-order valence-electron chi connectivity index (χ2n) is 5.82. The van der Waals surface area contributed by atoms with Crippen molar-refractivity contribution in [2.24, 2.45) is 5.41 Å². The topological polar surface area (TPSA) is 43.1 Å². The molecular formula is C12H16N4S. The summed E-state index contributed by atoms with van der Waals surface area (Å²) in [5.74, 6) is 2.10. The van der Waals surface area contributed by atoms with Gasteiger partial charge in [-0.25, -0.2) is 0 Å².